The second kappa shape index (κ2) is 2.99. The minimum Gasteiger partial charge on any atom is -0.478 e. The Morgan fingerprint density at radius 3 is 2.93 bits per heavy atom. The lowest BCUT2D eigenvalue weighted by molar-refractivity contribution is 0.0698. The number of nitrogens with zero attached hydrogens (tertiary/aromatic N) is 1. The van der Waals surface area contributed by atoms with Crippen LogP contribution in [-0.4, -0.2) is 21.0 Å². The first-order valence-corrected chi connectivity index (χ1v) is 4.35. The van der Waals surface area contributed by atoms with E-state index in [0.717, 1.165) is 0 Å². The Balaban J connectivity index is 2.88. The molecular formula is C9H7ClN2O2. The van der Waals surface area contributed by atoms with Crippen LogP contribution in [0.15, 0.2) is 12.1 Å². The number of aryl methyl sites for hydroxylation is 1. The fourth-order valence-electron chi connectivity index (χ4n) is 1.42. The number of nitrogens with one attached hydrogen (secondary N) is 1. The van der Waals surface area contributed by atoms with Gasteiger partial charge in [-0.3, -0.25) is 0 Å². The van der Waals surface area contributed by atoms with Crippen molar-refractivity contribution in [3.63, 3.8) is 0 Å². The van der Waals surface area contributed by atoms with E-state index in [4.69, 9.17) is 16.7 Å². The van der Waals surface area contributed by atoms with Gasteiger partial charge in [0.1, 0.15) is 5.52 Å². The molecule has 0 aliphatic heterocycles. The van der Waals surface area contributed by atoms with Gasteiger partial charge in [0.05, 0.1) is 11.1 Å². The molecule has 4 nitrogen and oxygen atoms in total. The third-order valence-corrected chi connectivity index (χ3v) is 2.23. The topological polar surface area (TPSA) is 66.0 Å². The van der Waals surface area contributed by atoms with Crippen molar-refractivity contribution in [3.8, 4) is 0 Å². The van der Waals surface area contributed by atoms with E-state index in [1.54, 1.807) is 19.1 Å². The number of aromatic carboxylic acids is 1. The molecule has 0 atom stereocenters. The number of carboxylic acid groups (broad SMARTS) is 1. The summed E-state index contributed by atoms with van der Waals surface area (Å²) in [6.45, 7) is 1.73. The number of hydrogen-bond acceptors (Lipinski definition) is 2. The van der Waals surface area contributed by atoms with E-state index >= 15 is 0 Å². The summed E-state index contributed by atoms with van der Waals surface area (Å²) in [4.78, 5) is 17.6. The third kappa shape index (κ3) is 1.24. The normalized spacial score (nSPS) is 10.7. The molecule has 0 spiro atoms. The summed E-state index contributed by atoms with van der Waals surface area (Å²) in [5.41, 5.74) is 1.92. The van der Waals surface area contributed by atoms with Gasteiger partial charge >= 0.3 is 5.97 Å². The number of H-pyrrole nitrogens is 1. The van der Waals surface area contributed by atoms with Crippen LogP contribution in [0.1, 0.15) is 15.9 Å². The summed E-state index contributed by atoms with van der Waals surface area (Å²) in [7, 11) is 0. The highest BCUT2D eigenvalue weighted by molar-refractivity contribution is 6.29. The Morgan fingerprint density at radius 2 is 2.29 bits per heavy atom. The lowest BCUT2D eigenvalue weighted by Gasteiger charge is -1.99. The smallest absolute Gasteiger partial charge is 0.338 e. The lowest BCUT2D eigenvalue weighted by atomic mass is 10.1. The maximum absolute atomic E-state index is 10.9. The van der Waals surface area contributed by atoms with Gasteiger partial charge in [0.25, 0.3) is 0 Å². The molecule has 5 heteroatoms. The number of benzene rings is 1. The molecule has 0 radical (unpaired) electrons. The quantitative estimate of drug-likeness (QED) is 0.759. The molecule has 1 aromatic heterocycles. The molecule has 0 aliphatic carbocycles. The number of imidazole rings is 1. The van der Waals surface area contributed by atoms with Gasteiger partial charge in [0.2, 0.25) is 5.28 Å². The number of hydrogen-bond donors (Lipinski definition) is 2. The predicted octanol–water partition coefficient (Wildman–Crippen LogP) is 2.22. The maximum Gasteiger partial charge on any atom is 0.338 e. The monoisotopic (exact) mass is 210 g/mol. The number of rotatable bonds is 1. The van der Waals surface area contributed by atoms with Crippen LogP contribution in [0.2, 0.25) is 5.28 Å². The molecular weight excluding hydrogens is 204 g/mol. The largest absolute Gasteiger partial charge is 0.478 e. The molecule has 2 aromatic rings. The van der Waals surface area contributed by atoms with E-state index in [0.29, 0.717) is 16.6 Å². The minimum atomic E-state index is -0.990. The Morgan fingerprint density at radius 1 is 1.57 bits per heavy atom. The number of aromatic nitrogens is 2. The number of carboxylic acids is 1. The zero-order valence-electron chi connectivity index (χ0n) is 7.34. The lowest BCUT2D eigenvalue weighted by Crippen LogP contribution is -2.00. The summed E-state index contributed by atoms with van der Waals surface area (Å²) >= 11 is 5.65. The van der Waals surface area contributed by atoms with E-state index in [1.807, 2.05) is 0 Å². The second-order valence-corrected chi connectivity index (χ2v) is 3.34. The van der Waals surface area contributed by atoms with Crippen LogP contribution in [0.5, 0.6) is 0 Å². The molecule has 2 N–H and O–H groups in total. The van der Waals surface area contributed by atoms with Crippen molar-refractivity contribution in [1.29, 1.82) is 0 Å². The molecule has 0 saturated heterocycles. The second-order valence-electron chi connectivity index (χ2n) is 2.99. The highest BCUT2D eigenvalue weighted by Crippen LogP contribution is 2.21. The zero-order valence-corrected chi connectivity index (χ0v) is 8.09. The van der Waals surface area contributed by atoms with Gasteiger partial charge in [0.15, 0.2) is 0 Å². The average molecular weight is 211 g/mol. The van der Waals surface area contributed by atoms with Crippen molar-refractivity contribution in [2.24, 2.45) is 0 Å². The zero-order chi connectivity index (χ0) is 10.3. The third-order valence-electron chi connectivity index (χ3n) is 2.05. The molecule has 0 amide bonds. The summed E-state index contributed by atoms with van der Waals surface area (Å²) in [5, 5.41) is 9.18. The fraction of sp³-hybridized carbons (Fsp3) is 0.111. The van der Waals surface area contributed by atoms with E-state index in [1.165, 1.54) is 0 Å². The van der Waals surface area contributed by atoms with Gasteiger partial charge in [0, 0.05) is 0 Å². The molecule has 72 valence electrons. The summed E-state index contributed by atoms with van der Waals surface area (Å²) < 4.78 is 0. The van der Waals surface area contributed by atoms with Crippen LogP contribution < -0.4 is 0 Å². The summed E-state index contributed by atoms with van der Waals surface area (Å²) in [6.07, 6.45) is 0. The highest BCUT2D eigenvalue weighted by atomic mass is 35.5. The van der Waals surface area contributed by atoms with E-state index in [-0.39, 0.29) is 10.8 Å². The van der Waals surface area contributed by atoms with Crippen molar-refractivity contribution in [1.82, 2.24) is 9.97 Å². The SMILES string of the molecule is Cc1ccc2[nH]c(Cl)nc2c1C(=O)O. The molecule has 0 saturated carbocycles. The van der Waals surface area contributed by atoms with E-state index in [2.05, 4.69) is 9.97 Å². The van der Waals surface area contributed by atoms with Crippen LogP contribution in [-0.2, 0) is 0 Å². The van der Waals surface area contributed by atoms with E-state index in [9.17, 15) is 4.79 Å². The van der Waals surface area contributed by atoms with E-state index < -0.39 is 5.97 Å². The van der Waals surface area contributed by atoms with Gasteiger partial charge in [-0.15, -0.1) is 0 Å². The molecule has 14 heavy (non-hydrogen) atoms. The van der Waals surface area contributed by atoms with Gasteiger partial charge < -0.3 is 10.1 Å². The number of aromatic amines is 1. The average Bonchev–Trinajstić information content (AvgIpc) is 2.43. The van der Waals surface area contributed by atoms with Crippen LogP contribution in [0.3, 0.4) is 0 Å². The van der Waals surface area contributed by atoms with Gasteiger partial charge in [-0.05, 0) is 30.2 Å². The Hall–Kier alpha value is -1.55. The molecule has 2 rings (SSSR count). The van der Waals surface area contributed by atoms with Crippen molar-refractivity contribution in [2.45, 2.75) is 6.92 Å². The Bertz CT molecular complexity index is 519. The molecule has 0 unspecified atom stereocenters. The van der Waals surface area contributed by atoms with Crippen molar-refractivity contribution in [3.05, 3.63) is 28.5 Å². The van der Waals surface area contributed by atoms with Crippen LogP contribution >= 0.6 is 11.6 Å². The van der Waals surface area contributed by atoms with Gasteiger partial charge in [-0.1, -0.05) is 6.07 Å². The highest BCUT2D eigenvalue weighted by Gasteiger charge is 2.14. The summed E-state index contributed by atoms with van der Waals surface area (Å²) in [6, 6.07) is 3.48. The first kappa shape index (κ1) is 9.02. The van der Waals surface area contributed by atoms with Crippen molar-refractivity contribution < 1.29 is 9.90 Å². The van der Waals surface area contributed by atoms with Gasteiger partial charge in [-0.25, -0.2) is 9.78 Å². The first-order valence-electron chi connectivity index (χ1n) is 3.97. The van der Waals surface area contributed by atoms with Gasteiger partial charge in [-0.2, -0.15) is 0 Å². The number of fused-ring (bicyclic) bond motifs is 1. The van der Waals surface area contributed by atoms with Crippen LogP contribution in [0, 0.1) is 6.92 Å². The molecule has 0 fully saturated rings. The van der Waals surface area contributed by atoms with Crippen molar-refractivity contribution in [2.75, 3.05) is 0 Å². The Labute approximate surface area is 84.5 Å². The number of carbonyl (C=O) groups is 1. The van der Waals surface area contributed by atoms with Crippen LogP contribution in [0.25, 0.3) is 11.0 Å². The standard InChI is InChI=1S/C9H7ClN2O2/c1-4-2-3-5-7(6(4)8(13)14)12-9(10)11-5/h2-3H,1H3,(H,11,12)(H,13,14). The molecule has 1 aromatic carbocycles. The fourth-order valence-corrected chi connectivity index (χ4v) is 1.60. The van der Waals surface area contributed by atoms with Crippen molar-refractivity contribution >= 4 is 28.6 Å². The maximum atomic E-state index is 10.9. The molecule has 0 bridgehead atoms. The molecule has 0 aliphatic rings. The Kier molecular flexibility index (Phi) is 1.93. The predicted molar refractivity (Wildman–Crippen MR) is 52.8 cm³/mol. The first-order chi connectivity index (χ1) is 6.59. The van der Waals surface area contributed by atoms with Crippen LogP contribution in [0.4, 0.5) is 0 Å². The summed E-state index contributed by atoms with van der Waals surface area (Å²) in [5.74, 6) is -0.990. The minimum absolute atomic E-state index is 0.200. The molecule has 1 heterocycles. The number of halogens is 1.